The smallest absolute Gasteiger partial charge is 0.0704 e. The maximum Gasteiger partial charge on any atom is 0.0704 e. The Balaban J connectivity index is 2.78. The second kappa shape index (κ2) is 6.02. The van der Waals surface area contributed by atoms with E-state index in [0.717, 1.165) is 5.92 Å². The number of hydrogen-bond donors (Lipinski definition) is 1. The highest BCUT2D eigenvalue weighted by Crippen LogP contribution is 2.33. The summed E-state index contributed by atoms with van der Waals surface area (Å²) in [4.78, 5) is 1.42. The number of rotatable bonds is 5. The summed E-state index contributed by atoms with van der Waals surface area (Å²) in [5.41, 5.74) is 1.45. The lowest BCUT2D eigenvalue weighted by Gasteiger charge is -2.19. The van der Waals surface area contributed by atoms with Gasteiger partial charge in [-0.25, -0.2) is 0 Å². The molecule has 0 radical (unpaired) electrons. The fourth-order valence-corrected chi connectivity index (χ4v) is 3.55. The molecule has 1 aromatic rings. The van der Waals surface area contributed by atoms with Gasteiger partial charge in [-0.05, 0) is 53.9 Å². The molecule has 0 aliphatic rings. The van der Waals surface area contributed by atoms with Crippen molar-refractivity contribution in [2.24, 2.45) is 5.92 Å². The van der Waals surface area contributed by atoms with Crippen LogP contribution in [0.1, 0.15) is 43.2 Å². The molecule has 0 aliphatic heterocycles. The molecule has 0 aliphatic carbocycles. The van der Waals surface area contributed by atoms with Gasteiger partial charge >= 0.3 is 0 Å². The molecule has 1 N–H and O–H groups in total. The molecular weight excluding hydrogens is 270 g/mol. The van der Waals surface area contributed by atoms with E-state index in [0.29, 0.717) is 6.04 Å². The van der Waals surface area contributed by atoms with Gasteiger partial charge in [-0.15, -0.1) is 11.3 Å². The first-order chi connectivity index (χ1) is 7.08. The second-order valence-electron chi connectivity index (χ2n) is 4.15. The zero-order valence-electron chi connectivity index (χ0n) is 9.93. The maximum atomic E-state index is 3.55. The molecule has 15 heavy (non-hydrogen) atoms. The third-order valence-corrected chi connectivity index (χ3v) is 4.55. The van der Waals surface area contributed by atoms with Crippen LogP contribution >= 0.6 is 27.3 Å². The Morgan fingerprint density at radius 1 is 1.53 bits per heavy atom. The zero-order chi connectivity index (χ0) is 11.4. The Morgan fingerprint density at radius 3 is 2.60 bits per heavy atom. The number of halogens is 1. The van der Waals surface area contributed by atoms with Crippen molar-refractivity contribution in [1.82, 2.24) is 5.32 Å². The average Bonchev–Trinajstić information content (AvgIpc) is 2.54. The monoisotopic (exact) mass is 289 g/mol. The summed E-state index contributed by atoms with van der Waals surface area (Å²) in [6, 6.07) is 2.76. The van der Waals surface area contributed by atoms with Crippen LogP contribution in [0.25, 0.3) is 0 Å². The van der Waals surface area contributed by atoms with Gasteiger partial charge in [0.1, 0.15) is 0 Å². The summed E-state index contributed by atoms with van der Waals surface area (Å²) in [7, 11) is 2.05. The van der Waals surface area contributed by atoms with Gasteiger partial charge in [-0.2, -0.15) is 0 Å². The van der Waals surface area contributed by atoms with Gasteiger partial charge < -0.3 is 5.32 Å². The lowest BCUT2D eigenvalue weighted by molar-refractivity contribution is 0.421. The van der Waals surface area contributed by atoms with Crippen LogP contribution in [0.4, 0.5) is 0 Å². The van der Waals surface area contributed by atoms with Crippen LogP contribution in [0, 0.1) is 12.8 Å². The maximum absolute atomic E-state index is 3.55. The van der Waals surface area contributed by atoms with Gasteiger partial charge in [0.15, 0.2) is 0 Å². The quantitative estimate of drug-likeness (QED) is 0.841. The van der Waals surface area contributed by atoms with Crippen molar-refractivity contribution in [2.75, 3.05) is 7.05 Å². The molecule has 2 unspecified atom stereocenters. The molecule has 0 saturated heterocycles. The lowest BCUT2D eigenvalue weighted by Crippen LogP contribution is -2.19. The van der Waals surface area contributed by atoms with E-state index in [9.17, 15) is 0 Å². The van der Waals surface area contributed by atoms with Crippen LogP contribution in [0.5, 0.6) is 0 Å². The predicted octanol–water partition coefficient (Wildman–Crippen LogP) is 4.52. The van der Waals surface area contributed by atoms with Crippen molar-refractivity contribution in [1.29, 1.82) is 0 Å². The summed E-state index contributed by atoms with van der Waals surface area (Å²) < 4.78 is 1.24. The number of thiophene rings is 1. The van der Waals surface area contributed by atoms with Crippen molar-refractivity contribution in [3.63, 3.8) is 0 Å². The Hall–Kier alpha value is 0.140. The minimum atomic E-state index is 0.502. The first-order valence-electron chi connectivity index (χ1n) is 5.51. The summed E-state index contributed by atoms with van der Waals surface area (Å²) in [6.45, 7) is 6.78. The predicted molar refractivity (Wildman–Crippen MR) is 72.6 cm³/mol. The van der Waals surface area contributed by atoms with Crippen LogP contribution in [0.2, 0.25) is 0 Å². The van der Waals surface area contributed by atoms with E-state index < -0.39 is 0 Å². The average molecular weight is 290 g/mol. The van der Waals surface area contributed by atoms with Gasteiger partial charge in [0.25, 0.3) is 0 Å². The van der Waals surface area contributed by atoms with Gasteiger partial charge in [0, 0.05) is 10.9 Å². The fraction of sp³-hybridized carbons (Fsp3) is 0.667. The molecule has 0 spiro atoms. The van der Waals surface area contributed by atoms with Crippen LogP contribution in [0.15, 0.2) is 9.85 Å². The highest BCUT2D eigenvalue weighted by Gasteiger charge is 2.16. The molecule has 3 heteroatoms. The highest BCUT2D eigenvalue weighted by atomic mass is 79.9. The number of aryl methyl sites for hydroxylation is 1. The lowest BCUT2D eigenvalue weighted by atomic mass is 9.95. The molecule has 0 fully saturated rings. The third-order valence-electron chi connectivity index (χ3n) is 2.98. The topological polar surface area (TPSA) is 12.0 Å². The molecule has 86 valence electrons. The van der Waals surface area contributed by atoms with Crippen LogP contribution in [0.3, 0.4) is 0 Å². The Bertz CT molecular complexity index is 309. The molecule has 1 aromatic heterocycles. The van der Waals surface area contributed by atoms with Gasteiger partial charge in [0.2, 0.25) is 0 Å². The van der Waals surface area contributed by atoms with Crippen LogP contribution < -0.4 is 5.32 Å². The van der Waals surface area contributed by atoms with Gasteiger partial charge in [-0.1, -0.05) is 20.3 Å². The van der Waals surface area contributed by atoms with E-state index in [1.807, 2.05) is 11.3 Å². The summed E-state index contributed by atoms with van der Waals surface area (Å²) in [5, 5.41) is 3.42. The molecule has 0 saturated carbocycles. The third kappa shape index (κ3) is 3.58. The molecule has 0 amide bonds. The second-order valence-corrected chi connectivity index (χ2v) is 6.79. The Labute approximate surface area is 105 Å². The number of nitrogens with one attached hydrogen (secondary N) is 1. The van der Waals surface area contributed by atoms with E-state index in [1.165, 1.54) is 27.1 Å². The van der Waals surface area contributed by atoms with E-state index in [-0.39, 0.29) is 0 Å². The molecule has 1 rings (SSSR count). The minimum absolute atomic E-state index is 0.502. The zero-order valence-corrected chi connectivity index (χ0v) is 12.3. The minimum Gasteiger partial charge on any atom is -0.313 e. The van der Waals surface area contributed by atoms with Crippen molar-refractivity contribution in [3.05, 3.63) is 20.3 Å². The van der Waals surface area contributed by atoms with Crippen molar-refractivity contribution >= 4 is 27.3 Å². The van der Waals surface area contributed by atoms with E-state index in [4.69, 9.17) is 0 Å². The van der Waals surface area contributed by atoms with E-state index >= 15 is 0 Å². The molecule has 0 bridgehead atoms. The molecule has 2 atom stereocenters. The molecule has 0 aromatic carbocycles. The Kier molecular flexibility index (Phi) is 5.30. The molecule has 1 nitrogen and oxygen atoms in total. The highest BCUT2D eigenvalue weighted by molar-refractivity contribution is 9.11. The van der Waals surface area contributed by atoms with Crippen LogP contribution in [-0.4, -0.2) is 7.05 Å². The molecule has 1 heterocycles. The summed E-state index contributed by atoms with van der Waals surface area (Å²) in [5.74, 6) is 0.778. The standard InChI is InChI=1S/C12H20BrNS/c1-5-8(2)6-11(14-4)10-7-12(13)15-9(10)3/h7-8,11,14H,5-6H2,1-4H3. The summed E-state index contributed by atoms with van der Waals surface area (Å²) >= 11 is 5.38. The van der Waals surface area contributed by atoms with Gasteiger partial charge in [-0.3, -0.25) is 0 Å². The van der Waals surface area contributed by atoms with Crippen molar-refractivity contribution in [2.45, 2.75) is 39.7 Å². The van der Waals surface area contributed by atoms with Crippen LogP contribution in [-0.2, 0) is 0 Å². The van der Waals surface area contributed by atoms with E-state index in [2.05, 4.69) is 55.1 Å². The van der Waals surface area contributed by atoms with Crippen molar-refractivity contribution < 1.29 is 0 Å². The van der Waals surface area contributed by atoms with Crippen molar-refractivity contribution in [3.8, 4) is 0 Å². The number of hydrogen-bond acceptors (Lipinski definition) is 2. The largest absolute Gasteiger partial charge is 0.313 e. The first-order valence-corrected chi connectivity index (χ1v) is 7.12. The van der Waals surface area contributed by atoms with Gasteiger partial charge in [0.05, 0.1) is 3.79 Å². The first kappa shape index (κ1) is 13.2. The molecular formula is C12H20BrNS. The van der Waals surface area contributed by atoms with E-state index in [1.54, 1.807) is 0 Å². The normalized spacial score (nSPS) is 15.3. The SMILES string of the molecule is CCC(C)CC(NC)c1cc(Br)sc1C. The Morgan fingerprint density at radius 2 is 2.20 bits per heavy atom. The fourth-order valence-electron chi connectivity index (χ4n) is 1.77. The summed E-state index contributed by atoms with van der Waals surface area (Å²) in [6.07, 6.45) is 2.47.